The molecule has 1 aliphatic carbocycles. The second kappa shape index (κ2) is 5.48. The Bertz CT molecular complexity index is 206. The van der Waals surface area contributed by atoms with Crippen LogP contribution in [0.25, 0.3) is 0 Å². The van der Waals surface area contributed by atoms with E-state index in [-0.39, 0.29) is 6.61 Å². The molecule has 1 saturated carbocycles. The van der Waals surface area contributed by atoms with E-state index in [1.54, 1.807) is 7.11 Å². The van der Waals surface area contributed by atoms with Gasteiger partial charge in [0, 0.05) is 32.8 Å². The van der Waals surface area contributed by atoms with Crippen LogP contribution in [0.1, 0.15) is 38.5 Å². The maximum Gasteiger partial charge on any atom is 0.0587 e. The summed E-state index contributed by atoms with van der Waals surface area (Å²) >= 11 is 0. The Labute approximate surface area is 98.8 Å². The van der Waals surface area contributed by atoms with Gasteiger partial charge in [0.15, 0.2) is 0 Å². The molecule has 0 aromatic rings. The second-order valence-corrected chi connectivity index (χ2v) is 5.58. The molecule has 1 atom stereocenters. The number of likely N-dealkylation sites (tertiary alicyclic amines) is 1. The number of aliphatic hydroxyl groups excluding tert-OH is 1. The summed E-state index contributed by atoms with van der Waals surface area (Å²) in [4.78, 5) is 2.45. The molecule has 2 rings (SSSR count). The molecule has 1 aliphatic heterocycles. The Hall–Kier alpha value is -0.120. The fourth-order valence-electron chi connectivity index (χ4n) is 3.33. The van der Waals surface area contributed by atoms with Crippen LogP contribution in [0.5, 0.6) is 0 Å². The van der Waals surface area contributed by atoms with E-state index in [0.29, 0.717) is 11.5 Å². The molecular weight excluding hydrogens is 202 g/mol. The molecule has 0 aromatic heterocycles. The Morgan fingerprint density at radius 1 is 1.25 bits per heavy atom. The van der Waals surface area contributed by atoms with Crippen molar-refractivity contribution >= 4 is 0 Å². The zero-order valence-corrected chi connectivity index (χ0v) is 10.5. The highest BCUT2D eigenvalue weighted by molar-refractivity contribution is 4.98. The third kappa shape index (κ3) is 2.58. The highest BCUT2D eigenvalue weighted by atomic mass is 16.5. The van der Waals surface area contributed by atoms with Gasteiger partial charge in [-0.2, -0.15) is 0 Å². The first kappa shape index (κ1) is 12.3. The molecule has 1 saturated heterocycles. The molecule has 1 spiro atoms. The fraction of sp³-hybridized carbons (Fsp3) is 1.00. The highest BCUT2D eigenvalue weighted by Crippen LogP contribution is 2.44. The molecule has 1 heterocycles. The standard InChI is InChI=1S/C13H25NO2/c1-16-8-5-12(9-15)14-10-13(11-14)6-3-2-4-7-13/h12,15H,2-11H2,1H3. The van der Waals surface area contributed by atoms with Crippen molar-refractivity contribution in [1.29, 1.82) is 0 Å². The van der Waals surface area contributed by atoms with Crippen molar-refractivity contribution < 1.29 is 9.84 Å². The molecule has 2 aliphatic rings. The van der Waals surface area contributed by atoms with Crippen LogP contribution < -0.4 is 0 Å². The number of aliphatic hydroxyl groups is 1. The molecule has 1 unspecified atom stereocenters. The minimum absolute atomic E-state index is 0.277. The second-order valence-electron chi connectivity index (χ2n) is 5.58. The van der Waals surface area contributed by atoms with Gasteiger partial charge in [0.05, 0.1) is 6.61 Å². The van der Waals surface area contributed by atoms with Gasteiger partial charge in [-0.3, -0.25) is 4.90 Å². The first-order chi connectivity index (χ1) is 7.79. The molecular formula is C13H25NO2. The van der Waals surface area contributed by atoms with Crippen LogP contribution in [0.3, 0.4) is 0 Å². The molecule has 3 heteroatoms. The van der Waals surface area contributed by atoms with Crippen LogP contribution >= 0.6 is 0 Å². The molecule has 2 fully saturated rings. The van der Waals surface area contributed by atoms with E-state index in [1.807, 2.05) is 0 Å². The number of methoxy groups -OCH3 is 1. The maximum atomic E-state index is 9.38. The predicted octanol–water partition coefficient (Wildman–Crippen LogP) is 1.65. The molecule has 0 bridgehead atoms. The van der Waals surface area contributed by atoms with Crippen molar-refractivity contribution in [1.82, 2.24) is 4.90 Å². The fourth-order valence-corrected chi connectivity index (χ4v) is 3.33. The normalized spacial score (nSPS) is 26.6. The third-order valence-electron chi connectivity index (χ3n) is 4.37. The molecule has 3 nitrogen and oxygen atoms in total. The van der Waals surface area contributed by atoms with Crippen molar-refractivity contribution in [2.45, 2.75) is 44.6 Å². The number of hydrogen-bond acceptors (Lipinski definition) is 3. The third-order valence-corrected chi connectivity index (χ3v) is 4.37. The van der Waals surface area contributed by atoms with E-state index in [2.05, 4.69) is 4.90 Å². The summed E-state index contributed by atoms with van der Waals surface area (Å²) in [5.74, 6) is 0. The van der Waals surface area contributed by atoms with Crippen LogP contribution in [0.2, 0.25) is 0 Å². The van der Waals surface area contributed by atoms with Gasteiger partial charge < -0.3 is 9.84 Å². The van der Waals surface area contributed by atoms with Crippen molar-refractivity contribution in [3.63, 3.8) is 0 Å². The monoisotopic (exact) mass is 227 g/mol. The van der Waals surface area contributed by atoms with Gasteiger partial charge in [0.25, 0.3) is 0 Å². The topological polar surface area (TPSA) is 32.7 Å². The number of hydrogen-bond donors (Lipinski definition) is 1. The molecule has 94 valence electrons. The van der Waals surface area contributed by atoms with Crippen molar-refractivity contribution in [2.24, 2.45) is 5.41 Å². The summed E-state index contributed by atoms with van der Waals surface area (Å²) in [6.07, 6.45) is 8.03. The van der Waals surface area contributed by atoms with E-state index in [0.717, 1.165) is 13.0 Å². The van der Waals surface area contributed by atoms with Crippen LogP contribution in [-0.2, 0) is 4.74 Å². The van der Waals surface area contributed by atoms with Gasteiger partial charge in [0.1, 0.15) is 0 Å². The van der Waals surface area contributed by atoms with E-state index in [9.17, 15) is 5.11 Å². The quantitative estimate of drug-likeness (QED) is 0.775. The van der Waals surface area contributed by atoms with Crippen molar-refractivity contribution in [2.75, 3.05) is 33.4 Å². The first-order valence-electron chi connectivity index (χ1n) is 6.63. The van der Waals surface area contributed by atoms with Gasteiger partial charge in [-0.05, 0) is 24.7 Å². The number of ether oxygens (including phenoxy) is 1. The van der Waals surface area contributed by atoms with E-state index >= 15 is 0 Å². The Balaban J connectivity index is 1.76. The number of rotatable bonds is 5. The van der Waals surface area contributed by atoms with Gasteiger partial charge >= 0.3 is 0 Å². The lowest BCUT2D eigenvalue weighted by Crippen LogP contribution is -2.61. The SMILES string of the molecule is COCCC(CO)N1CC2(CCCCC2)C1. The summed E-state index contributed by atoms with van der Waals surface area (Å²) in [5, 5.41) is 9.38. The lowest BCUT2D eigenvalue weighted by Gasteiger charge is -2.55. The smallest absolute Gasteiger partial charge is 0.0587 e. The Morgan fingerprint density at radius 3 is 2.50 bits per heavy atom. The number of nitrogens with zero attached hydrogens (tertiary/aromatic N) is 1. The zero-order valence-electron chi connectivity index (χ0n) is 10.5. The lowest BCUT2D eigenvalue weighted by molar-refractivity contribution is -0.0720. The van der Waals surface area contributed by atoms with Gasteiger partial charge in [-0.15, -0.1) is 0 Å². The average molecular weight is 227 g/mol. The molecule has 1 N–H and O–H groups in total. The van der Waals surface area contributed by atoms with Gasteiger partial charge in [-0.1, -0.05) is 19.3 Å². The van der Waals surface area contributed by atoms with Crippen LogP contribution in [-0.4, -0.2) is 49.5 Å². The van der Waals surface area contributed by atoms with E-state index < -0.39 is 0 Å². The summed E-state index contributed by atoms with van der Waals surface area (Å²) in [6.45, 7) is 3.46. The van der Waals surface area contributed by atoms with Gasteiger partial charge in [0.2, 0.25) is 0 Å². The largest absolute Gasteiger partial charge is 0.395 e. The van der Waals surface area contributed by atoms with E-state index in [1.165, 1.54) is 45.2 Å². The first-order valence-corrected chi connectivity index (χ1v) is 6.63. The highest BCUT2D eigenvalue weighted by Gasteiger charge is 2.45. The average Bonchev–Trinajstić information content (AvgIpc) is 2.29. The zero-order chi connectivity index (χ0) is 11.4. The Kier molecular flexibility index (Phi) is 4.22. The summed E-state index contributed by atoms with van der Waals surface area (Å²) in [7, 11) is 1.73. The van der Waals surface area contributed by atoms with Crippen molar-refractivity contribution in [3.05, 3.63) is 0 Å². The molecule has 0 aromatic carbocycles. The predicted molar refractivity (Wildman–Crippen MR) is 64.5 cm³/mol. The van der Waals surface area contributed by atoms with Crippen LogP contribution in [0, 0.1) is 5.41 Å². The lowest BCUT2D eigenvalue weighted by atomic mass is 9.68. The summed E-state index contributed by atoms with van der Waals surface area (Å²) in [5.41, 5.74) is 0.624. The molecule has 0 radical (unpaired) electrons. The minimum Gasteiger partial charge on any atom is -0.395 e. The minimum atomic E-state index is 0.277. The van der Waals surface area contributed by atoms with Crippen molar-refractivity contribution in [3.8, 4) is 0 Å². The van der Waals surface area contributed by atoms with Gasteiger partial charge in [-0.25, -0.2) is 0 Å². The molecule has 16 heavy (non-hydrogen) atoms. The van der Waals surface area contributed by atoms with E-state index in [4.69, 9.17) is 4.74 Å². The van der Waals surface area contributed by atoms with Crippen LogP contribution in [0.15, 0.2) is 0 Å². The summed E-state index contributed by atoms with van der Waals surface area (Å²) in [6, 6.07) is 0.326. The molecule has 0 amide bonds. The maximum absolute atomic E-state index is 9.38. The van der Waals surface area contributed by atoms with Crippen LogP contribution in [0.4, 0.5) is 0 Å². The summed E-state index contributed by atoms with van der Waals surface area (Å²) < 4.78 is 5.09. The Morgan fingerprint density at radius 2 is 1.94 bits per heavy atom.